The zero-order valence-electron chi connectivity index (χ0n) is 10.4. The summed E-state index contributed by atoms with van der Waals surface area (Å²) in [6.45, 7) is 0. The topological polar surface area (TPSA) is 55.5 Å². The zero-order valence-corrected chi connectivity index (χ0v) is 10.4. The van der Waals surface area contributed by atoms with E-state index in [2.05, 4.69) is 0 Å². The quantitative estimate of drug-likeness (QED) is 0.846. The summed E-state index contributed by atoms with van der Waals surface area (Å²) in [6.07, 6.45) is 6.28. The Balaban J connectivity index is 2.19. The maximum Gasteiger partial charge on any atom is 0.127 e. The molecule has 0 spiro atoms. The molecule has 0 aromatic heterocycles. The van der Waals surface area contributed by atoms with Crippen LogP contribution in [0.25, 0.3) is 0 Å². The lowest BCUT2D eigenvalue weighted by Crippen LogP contribution is -2.24. The summed E-state index contributed by atoms with van der Waals surface area (Å²) in [6, 6.07) is 5.22. The highest BCUT2D eigenvalue weighted by Gasteiger charge is 2.24. The van der Waals surface area contributed by atoms with Gasteiger partial charge < -0.3 is 15.6 Å². The molecule has 0 heterocycles. The molecule has 0 unspecified atom stereocenters. The Morgan fingerprint density at radius 1 is 1.29 bits per heavy atom. The predicted molar refractivity (Wildman–Crippen MR) is 68.2 cm³/mol. The first-order valence-corrected chi connectivity index (χ1v) is 6.35. The smallest absolute Gasteiger partial charge is 0.127 e. The Morgan fingerprint density at radius 3 is 2.65 bits per heavy atom. The second-order valence-electron chi connectivity index (χ2n) is 4.85. The standard InChI is InChI=1S/C14H21NO2/c1-17-13-9-11(16)7-8-12(13)14(15)10-5-3-2-4-6-10/h7-10,14,16H,2-6,15H2,1H3/t14-/m1/s1. The lowest BCUT2D eigenvalue weighted by atomic mass is 9.81. The van der Waals surface area contributed by atoms with Crippen LogP contribution in [0.3, 0.4) is 0 Å². The Morgan fingerprint density at radius 2 is 2.00 bits per heavy atom. The Bertz CT molecular complexity index is 372. The Hall–Kier alpha value is -1.22. The summed E-state index contributed by atoms with van der Waals surface area (Å²) in [7, 11) is 1.62. The molecule has 3 heteroatoms. The largest absolute Gasteiger partial charge is 0.508 e. The average Bonchev–Trinajstić information content (AvgIpc) is 2.39. The van der Waals surface area contributed by atoms with Gasteiger partial charge in [-0.2, -0.15) is 0 Å². The van der Waals surface area contributed by atoms with Gasteiger partial charge in [0.25, 0.3) is 0 Å². The number of nitrogens with two attached hydrogens (primary N) is 1. The highest BCUT2D eigenvalue weighted by molar-refractivity contribution is 5.42. The molecule has 3 nitrogen and oxygen atoms in total. The third-order valence-corrected chi connectivity index (χ3v) is 3.73. The van der Waals surface area contributed by atoms with Gasteiger partial charge in [0.05, 0.1) is 7.11 Å². The number of methoxy groups -OCH3 is 1. The Kier molecular flexibility index (Phi) is 3.89. The molecule has 94 valence electrons. The molecule has 0 aliphatic heterocycles. The van der Waals surface area contributed by atoms with Crippen molar-refractivity contribution in [3.05, 3.63) is 23.8 Å². The molecule has 1 saturated carbocycles. The van der Waals surface area contributed by atoms with Crippen molar-refractivity contribution in [2.45, 2.75) is 38.1 Å². The van der Waals surface area contributed by atoms with Crippen molar-refractivity contribution in [3.63, 3.8) is 0 Å². The van der Waals surface area contributed by atoms with Crippen molar-refractivity contribution in [1.82, 2.24) is 0 Å². The lowest BCUT2D eigenvalue weighted by molar-refractivity contribution is 0.300. The van der Waals surface area contributed by atoms with E-state index in [0.717, 1.165) is 5.56 Å². The van der Waals surface area contributed by atoms with E-state index >= 15 is 0 Å². The minimum absolute atomic E-state index is 0.0193. The highest BCUT2D eigenvalue weighted by Crippen LogP contribution is 2.37. The van der Waals surface area contributed by atoms with Crippen molar-refractivity contribution in [2.75, 3.05) is 7.11 Å². The van der Waals surface area contributed by atoms with E-state index in [1.54, 1.807) is 19.2 Å². The molecule has 1 aromatic carbocycles. The number of phenolic OH excluding ortho intramolecular Hbond substituents is 1. The molecular weight excluding hydrogens is 214 g/mol. The summed E-state index contributed by atoms with van der Waals surface area (Å²) in [5.41, 5.74) is 7.35. The maximum absolute atomic E-state index is 9.44. The van der Waals surface area contributed by atoms with Crippen LogP contribution in [0.4, 0.5) is 0 Å². The average molecular weight is 235 g/mol. The van der Waals surface area contributed by atoms with Gasteiger partial charge in [0, 0.05) is 17.7 Å². The SMILES string of the molecule is COc1cc(O)ccc1[C@H](N)C1CCCCC1. The molecule has 0 radical (unpaired) electrons. The predicted octanol–water partition coefficient (Wildman–Crippen LogP) is 2.98. The third kappa shape index (κ3) is 2.72. The molecule has 0 bridgehead atoms. The van der Waals surface area contributed by atoms with Crippen molar-refractivity contribution in [3.8, 4) is 11.5 Å². The molecule has 0 saturated heterocycles. The normalized spacial score (nSPS) is 18.9. The summed E-state index contributed by atoms with van der Waals surface area (Å²) in [4.78, 5) is 0. The molecular formula is C14H21NO2. The maximum atomic E-state index is 9.44. The van der Waals surface area contributed by atoms with Crippen LogP contribution in [0.2, 0.25) is 0 Å². The van der Waals surface area contributed by atoms with Crippen LogP contribution in [0, 0.1) is 5.92 Å². The van der Waals surface area contributed by atoms with E-state index in [9.17, 15) is 5.11 Å². The van der Waals surface area contributed by atoms with E-state index < -0.39 is 0 Å². The summed E-state index contributed by atoms with van der Waals surface area (Å²) in [5.74, 6) is 1.46. The van der Waals surface area contributed by atoms with Gasteiger partial charge in [-0.05, 0) is 24.8 Å². The minimum atomic E-state index is 0.0193. The first-order valence-electron chi connectivity index (χ1n) is 6.35. The fourth-order valence-electron chi connectivity index (χ4n) is 2.72. The van der Waals surface area contributed by atoms with Crippen LogP contribution in [-0.4, -0.2) is 12.2 Å². The summed E-state index contributed by atoms with van der Waals surface area (Å²) >= 11 is 0. The van der Waals surface area contributed by atoms with Gasteiger partial charge in [-0.1, -0.05) is 25.3 Å². The molecule has 17 heavy (non-hydrogen) atoms. The van der Waals surface area contributed by atoms with Gasteiger partial charge >= 0.3 is 0 Å². The first kappa shape index (κ1) is 12.2. The lowest BCUT2D eigenvalue weighted by Gasteiger charge is -2.28. The van der Waals surface area contributed by atoms with Gasteiger partial charge in [-0.15, -0.1) is 0 Å². The first-order chi connectivity index (χ1) is 8.22. The second-order valence-corrected chi connectivity index (χ2v) is 4.85. The van der Waals surface area contributed by atoms with E-state index in [-0.39, 0.29) is 11.8 Å². The van der Waals surface area contributed by atoms with Crippen LogP contribution in [0.1, 0.15) is 43.7 Å². The van der Waals surface area contributed by atoms with Crippen LogP contribution >= 0.6 is 0 Å². The minimum Gasteiger partial charge on any atom is -0.508 e. The van der Waals surface area contributed by atoms with E-state index in [1.807, 2.05) is 6.07 Å². The summed E-state index contributed by atoms with van der Waals surface area (Å²) < 4.78 is 5.30. The van der Waals surface area contributed by atoms with Crippen LogP contribution in [0.5, 0.6) is 11.5 Å². The number of hydrogen-bond acceptors (Lipinski definition) is 3. The number of aromatic hydroxyl groups is 1. The van der Waals surface area contributed by atoms with Gasteiger partial charge in [0.1, 0.15) is 11.5 Å². The molecule has 2 rings (SSSR count). The number of hydrogen-bond donors (Lipinski definition) is 2. The van der Waals surface area contributed by atoms with Gasteiger partial charge in [0.2, 0.25) is 0 Å². The van der Waals surface area contributed by atoms with E-state index in [1.165, 1.54) is 32.1 Å². The zero-order chi connectivity index (χ0) is 12.3. The van der Waals surface area contributed by atoms with E-state index in [0.29, 0.717) is 11.7 Å². The molecule has 1 aromatic rings. The molecule has 1 fully saturated rings. The van der Waals surface area contributed by atoms with Gasteiger partial charge in [-0.3, -0.25) is 0 Å². The Labute approximate surface area is 103 Å². The van der Waals surface area contributed by atoms with Gasteiger partial charge in [-0.25, -0.2) is 0 Å². The number of benzene rings is 1. The fraction of sp³-hybridized carbons (Fsp3) is 0.571. The van der Waals surface area contributed by atoms with Crippen molar-refractivity contribution in [2.24, 2.45) is 11.7 Å². The van der Waals surface area contributed by atoms with Crippen LogP contribution < -0.4 is 10.5 Å². The van der Waals surface area contributed by atoms with Crippen LogP contribution in [0.15, 0.2) is 18.2 Å². The van der Waals surface area contributed by atoms with E-state index in [4.69, 9.17) is 10.5 Å². The second kappa shape index (κ2) is 5.41. The highest BCUT2D eigenvalue weighted by atomic mass is 16.5. The number of phenols is 1. The molecule has 0 amide bonds. The van der Waals surface area contributed by atoms with Crippen molar-refractivity contribution < 1.29 is 9.84 Å². The molecule has 1 aliphatic rings. The fourth-order valence-corrected chi connectivity index (χ4v) is 2.72. The molecule has 1 atom stereocenters. The summed E-state index contributed by atoms with van der Waals surface area (Å²) in [5, 5.41) is 9.44. The third-order valence-electron chi connectivity index (χ3n) is 3.73. The molecule has 3 N–H and O–H groups in total. The number of rotatable bonds is 3. The molecule has 1 aliphatic carbocycles. The monoisotopic (exact) mass is 235 g/mol. The number of ether oxygens (including phenoxy) is 1. The van der Waals surface area contributed by atoms with Crippen LogP contribution in [-0.2, 0) is 0 Å². The van der Waals surface area contributed by atoms with Crippen molar-refractivity contribution >= 4 is 0 Å². The van der Waals surface area contributed by atoms with Gasteiger partial charge in [0.15, 0.2) is 0 Å². The van der Waals surface area contributed by atoms with Crippen molar-refractivity contribution in [1.29, 1.82) is 0 Å².